The van der Waals surface area contributed by atoms with E-state index in [0.717, 1.165) is 30.8 Å². The van der Waals surface area contributed by atoms with E-state index in [1.165, 1.54) is 4.31 Å². The van der Waals surface area contributed by atoms with Crippen molar-refractivity contribution in [3.63, 3.8) is 0 Å². The van der Waals surface area contributed by atoms with Crippen molar-refractivity contribution in [2.24, 2.45) is 5.92 Å². The van der Waals surface area contributed by atoms with Crippen LogP contribution < -0.4 is 9.46 Å². The van der Waals surface area contributed by atoms with Crippen molar-refractivity contribution < 1.29 is 27.8 Å². The molecule has 2 saturated heterocycles. The van der Waals surface area contributed by atoms with Crippen LogP contribution in [0.15, 0.2) is 24.3 Å². The third-order valence-corrected chi connectivity index (χ3v) is 6.44. The molecule has 2 heterocycles. The molecule has 2 N–H and O–H groups in total. The van der Waals surface area contributed by atoms with Gasteiger partial charge in [0.2, 0.25) is 0 Å². The van der Waals surface area contributed by atoms with Crippen molar-refractivity contribution in [1.29, 1.82) is 0 Å². The van der Waals surface area contributed by atoms with E-state index in [-0.39, 0.29) is 19.2 Å². The third kappa shape index (κ3) is 5.65. The van der Waals surface area contributed by atoms with Crippen molar-refractivity contribution in [1.82, 2.24) is 9.03 Å². The Hall–Kier alpha value is -1.68. The number of carboxylic acids is 1. The number of hydrogen-bond donors (Lipinski definition) is 2. The van der Waals surface area contributed by atoms with Gasteiger partial charge in [-0.05, 0) is 43.4 Å². The molecular formula is C18H26N2O6S. The molecule has 2 atom stereocenters. The summed E-state index contributed by atoms with van der Waals surface area (Å²) >= 11 is 0. The van der Waals surface area contributed by atoms with Gasteiger partial charge >= 0.3 is 5.97 Å². The largest absolute Gasteiger partial charge is 0.491 e. The van der Waals surface area contributed by atoms with Gasteiger partial charge in [0.15, 0.2) is 0 Å². The highest BCUT2D eigenvalue weighted by Crippen LogP contribution is 2.20. The first kappa shape index (κ1) is 20.1. The topological polar surface area (TPSA) is 105 Å². The molecule has 2 aliphatic rings. The molecule has 27 heavy (non-hydrogen) atoms. The summed E-state index contributed by atoms with van der Waals surface area (Å²) in [5, 5.41) is 9.11. The van der Waals surface area contributed by atoms with Gasteiger partial charge in [0.1, 0.15) is 12.4 Å². The molecular weight excluding hydrogens is 372 g/mol. The second-order valence-electron chi connectivity index (χ2n) is 6.95. The first-order chi connectivity index (χ1) is 12.9. The molecule has 9 heteroatoms. The van der Waals surface area contributed by atoms with Gasteiger partial charge in [0.05, 0.1) is 12.0 Å². The molecule has 2 aliphatic heterocycles. The second-order valence-corrected chi connectivity index (χ2v) is 8.71. The summed E-state index contributed by atoms with van der Waals surface area (Å²) in [5.74, 6) is -0.874. The number of nitrogens with one attached hydrogen (secondary N) is 1. The molecule has 0 spiro atoms. The highest BCUT2D eigenvalue weighted by atomic mass is 32.2. The zero-order chi connectivity index (χ0) is 19.3. The van der Waals surface area contributed by atoms with Crippen molar-refractivity contribution in [2.45, 2.75) is 38.3 Å². The van der Waals surface area contributed by atoms with E-state index >= 15 is 0 Å². The summed E-state index contributed by atoms with van der Waals surface area (Å²) in [5.41, 5.74) is 0.801. The van der Waals surface area contributed by atoms with Crippen LogP contribution in [0.5, 0.6) is 5.75 Å². The summed E-state index contributed by atoms with van der Waals surface area (Å²) in [6.07, 6.45) is 3.29. The van der Waals surface area contributed by atoms with E-state index in [1.807, 2.05) is 12.1 Å². The van der Waals surface area contributed by atoms with E-state index in [4.69, 9.17) is 14.6 Å². The molecule has 0 aromatic heterocycles. The summed E-state index contributed by atoms with van der Waals surface area (Å²) < 4.78 is 39.8. The first-order valence-electron chi connectivity index (χ1n) is 9.25. The average molecular weight is 398 g/mol. The van der Waals surface area contributed by atoms with Crippen LogP contribution in [0.25, 0.3) is 0 Å². The SMILES string of the molecule is O=C(O)C1CCCN(S(=O)(=O)NCc2ccc(OCC3CCCO3)cc2)C1. The fourth-order valence-electron chi connectivity index (χ4n) is 3.30. The van der Waals surface area contributed by atoms with Crippen LogP contribution in [0.4, 0.5) is 0 Å². The molecule has 0 saturated carbocycles. The van der Waals surface area contributed by atoms with Crippen molar-refractivity contribution in [3.05, 3.63) is 29.8 Å². The standard InChI is InChI=1S/C18H26N2O6S/c21-18(22)15-3-1-9-20(12-15)27(23,24)19-11-14-5-7-16(8-6-14)26-13-17-4-2-10-25-17/h5-8,15,17,19H,1-4,9-13H2,(H,21,22). The Morgan fingerprint density at radius 1 is 1.26 bits per heavy atom. The van der Waals surface area contributed by atoms with Gasteiger partial charge in [-0.1, -0.05) is 12.1 Å². The fraction of sp³-hybridized carbons (Fsp3) is 0.611. The smallest absolute Gasteiger partial charge is 0.307 e. The highest BCUT2D eigenvalue weighted by molar-refractivity contribution is 7.87. The Kier molecular flexibility index (Phi) is 6.69. The molecule has 1 aromatic rings. The summed E-state index contributed by atoms with van der Waals surface area (Å²) in [7, 11) is -3.71. The van der Waals surface area contributed by atoms with Gasteiger partial charge in [-0.25, -0.2) is 0 Å². The minimum absolute atomic E-state index is 0.0146. The van der Waals surface area contributed by atoms with Crippen LogP contribution in [0.2, 0.25) is 0 Å². The lowest BCUT2D eigenvalue weighted by Gasteiger charge is -2.29. The number of nitrogens with zero attached hydrogens (tertiary/aromatic N) is 1. The van der Waals surface area contributed by atoms with Crippen molar-refractivity contribution in [2.75, 3.05) is 26.3 Å². The number of aliphatic carboxylic acids is 1. The van der Waals surface area contributed by atoms with Gasteiger partial charge in [-0.15, -0.1) is 0 Å². The van der Waals surface area contributed by atoms with Crippen LogP contribution in [-0.2, 0) is 26.3 Å². The number of piperidine rings is 1. The molecule has 2 fully saturated rings. The van der Waals surface area contributed by atoms with Crippen LogP contribution in [0.1, 0.15) is 31.2 Å². The van der Waals surface area contributed by atoms with Gasteiger partial charge in [0, 0.05) is 26.2 Å². The molecule has 2 unspecified atom stereocenters. The summed E-state index contributed by atoms with van der Waals surface area (Å²) in [6, 6.07) is 7.23. The quantitative estimate of drug-likeness (QED) is 0.685. The van der Waals surface area contributed by atoms with E-state index in [0.29, 0.717) is 26.0 Å². The molecule has 3 rings (SSSR count). The summed E-state index contributed by atoms with van der Waals surface area (Å²) in [4.78, 5) is 11.1. The third-order valence-electron chi connectivity index (χ3n) is 4.92. The Labute approximate surface area is 159 Å². The van der Waals surface area contributed by atoms with Crippen molar-refractivity contribution in [3.8, 4) is 5.75 Å². The van der Waals surface area contributed by atoms with E-state index in [9.17, 15) is 13.2 Å². The lowest BCUT2D eigenvalue weighted by atomic mass is 10.0. The number of carbonyl (C=O) groups is 1. The normalized spacial score (nSPS) is 24.0. The van der Waals surface area contributed by atoms with Gasteiger partial charge in [0.25, 0.3) is 10.2 Å². The summed E-state index contributed by atoms with van der Waals surface area (Å²) in [6.45, 7) is 1.81. The number of ether oxygens (including phenoxy) is 2. The van der Waals surface area contributed by atoms with Crippen molar-refractivity contribution >= 4 is 16.2 Å². The minimum atomic E-state index is -3.71. The maximum absolute atomic E-state index is 12.4. The number of rotatable bonds is 8. The predicted molar refractivity (Wildman–Crippen MR) is 98.6 cm³/mol. The number of carboxylic acid groups (broad SMARTS) is 1. The predicted octanol–water partition coefficient (Wildman–Crippen LogP) is 1.38. The average Bonchev–Trinajstić information content (AvgIpc) is 3.19. The zero-order valence-electron chi connectivity index (χ0n) is 15.2. The van der Waals surface area contributed by atoms with Gasteiger partial charge in [-0.2, -0.15) is 17.4 Å². The van der Waals surface area contributed by atoms with Gasteiger partial charge < -0.3 is 14.6 Å². The van der Waals surface area contributed by atoms with Crippen LogP contribution >= 0.6 is 0 Å². The number of hydrogen-bond acceptors (Lipinski definition) is 5. The van der Waals surface area contributed by atoms with E-state index < -0.39 is 22.1 Å². The Bertz CT molecular complexity index is 731. The van der Waals surface area contributed by atoms with E-state index in [2.05, 4.69) is 4.72 Å². The van der Waals surface area contributed by atoms with Crippen LogP contribution in [-0.4, -0.2) is 56.2 Å². The Morgan fingerprint density at radius 2 is 2.04 bits per heavy atom. The Morgan fingerprint density at radius 3 is 2.70 bits per heavy atom. The maximum atomic E-state index is 12.4. The second kappa shape index (κ2) is 9.01. The zero-order valence-corrected chi connectivity index (χ0v) is 16.0. The molecule has 1 aromatic carbocycles. The lowest BCUT2D eigenvalue weighted by molar-refractivity contribution is -0.142. The Balaban J connectivity index is 1.49. The molecule has 0 aliphatic carbocycles. The fourth-order valence-corrected chi connectivity index (χ4v) is 4.57. The maximum Gasteiger partial charge on any atom is 0.307 e. The molecule has 0 bridgehead atoms. The van der Waals surface area contributed by atoms with E-state index in [1.54, 1.807) is 12.1 Å². The monoisotopic (exact) mass is 398 g/mol. The molecule has 0 amide bonds. The number of benzene rings is 1. The first-order valence-corrected chi connectivity index (χ1v) is 10.7. The highest BCUT2D eigenvalue weighted by Gasteiger charge is 2.31. The lowest BCUT2D eigenvalue weighted by Crippen LogP contribution is -2.47. The van der Waals surface area contributed by atoms with Crippen LogP contribution in [0.3, 0.4) is 0 Å². The molecule has 150 valence electrons. The molecule has 0 radical (unpaired) electrons. The van der Waals surface area contributed by atoms with Crippen LogP contribution in [0, 0.1) is 5.92 Å². The molecule has 8 nitrogen and oxygen atoms in total. The van der Waals surface area contributed by atoms with Gasteiger partial charge in [-0.3, -0.25) is 4.79 Å². The minimum Gasteiger partial charge on any atom is -0.491 e.